The van der Waals surface area contributed by atoms with Crippen molar-refractivity contribution in [1.29, 1.82) is 0 Å². The number of rotatable bonds is 5. The Bertz CT molecular complexity index is 1280. The standard InChI is InChI=1S/C25H21ClF2N2O3/c1-30-12-25(14-5-3-2-4-6-14)11-16-18(33-25)10-17(27)21(26)19(16)20-15(24(29)31)9-13-7-8-32-23(13)22(20)28/h2-6,9-10,30H,7-8,11-12H2,1H3,(H2,29,31)/t25-/m1/s1. The molecule has 3 aromatic carbocycles. The monoisotopic (exact) mass is 470 g/mol. The van der Waals surface area contributed by atoms with Crippen LogP contribution in [0.5, 0.6) is 11.5 Å². The van der Waals surface area contributed by atoms with E-state index in [0.29, 0.717) is 24.1 Å². The Kier molecular flexibility index (Phi) is 5.26. The number of hydrogen-bond acceptors (Lipinski definition) is 4. The molecule has 0 spiro atoms. The lowest BCUT2D eigenvalue weighted by Crippen LogP contribution is -2.41. The molecule has 170 valence electrons. The van der Waals surface area contributed by atoms with Gasteiger partial charge in [0.15, 0.2) is 17.2 Å². The molecular weight excluding hydrogens is 450 g/mol. The van der Waals surface area contributed by atoms with Gasteiger partial charge in [0.05, 0.1) is 17.2 Å². The Balaban J connectivity index is 1.77. The van der Waals surface area contributed by atoms with Crippen LogP contribution >= 0.6 is 11.6 Å². The van der Waals surface area contributed by atoms with E-state index < -0.39 is 23.1 Å². The van der Waals surface area contributed by atoms with Gasteiger partial charge in [-0.05, 0) is 18.7 Å². The van der Waals surface area contributed by atoms with Gasteiger partial charge in [-0.2, -0.15) is 0 Å². The number of halogens is 3. The minimum atomic E-state index is -0.874. The van der Waals surface area contributed by atoms with Crippen LogP contribution in [0.25, 0.3) is 11.1 Å². The molecule has 1 amide bonds. The number of benzene rings is 3. The number of nitrogens with one attached hydrogen (secondary N) is 1. The van der Waals surface area contributed by atoms with E-state index in [1.54, 1.807) is 7.05 Å². The highest BCUT2D eigenvalue weighted by Crippen LogP contribution is 2.51. The zero-order valence-electron chi connectivity index (χ0n) is 17.8. The summed E-state index contributed by atoms with van der Waals surface area (Å²) >= 11 is 6.42. The average molecular weight is 471 g/mol. The zero-order valence-corrected chi connectivity index (χ0v) is 18.6. The number of likely N-dealkylation sites (N-methyl/N-ethyl adjacent to an activating group) is 1. The second-order valence-electron chi connectivity index (χ2n) is 8.26. The van der Waals surface area contributed by atoms with E-state index in [1.165, 1.54) is 12.1 Å². The van der Waals surface area contributed by atoms with E-state index in [2.05, 4.69) is 5.32 Å². The summed E-state index contributed by atoms with van der Waals surface area (Å²) in [7, 11) is 1.79. The van der Waals surface area contributed by atoms with Crippen LogP contribution in [0.15, 0.2) is 42.5 Å². The molecule has 0 aromatic heterocycles. The molecule has 5 nitrogen and oxygen atoms in total. The first-order valence-corrected chi connectivity index (χ1v) is 10.9. The highest BCUT2D eigenvalue weighted by atomic mass is 35.5. The first-order valence-electron chi connectivity index (χ1n) is 10.5. The first kappa shape index (κ1) is 21.7. The average Bonchev–Trinajstić information content (AvgIpc) is 3.41. The summed E-state index contributed by atoms with van der Waals surface area (Å²) in [4.78, 5) is 12.3. The molecular formula is C25H21ClF2N2O3. The van der Waals surface area contributed by atoms with Gasteiger partial charge >= 0.3 is 0 Å². The van der Waals surface area contributed by atoms with Crippen LogP contribution in [0, 0.1) is 11.6 Å². The van der Waals surface area contributed by atoms with E-state index in [-0.39, 0.29) is 46.2 Å². The van der Waals surface area contributed by atoms with Gasteiger partial charge in [-0.1, -0.05) is 41.9 Å². The Morgan fingerprint density at radius 2 is 1.97 bits per heavy atom. The third-order valence-corrected chi connectivity index (χ3v) is 6.62. The number of ether oxygens (including phenoxy) is 2. The van der Waals surface area contributed by atoms with Crippen LogP contribution in [0.3, 0.4) is 0 Å². The maximum atomic E-state index is 15.8. The van der Waals surface area contributed by atoms with Crippen molar-refractivity contribution in [3.63, 3.8) is 0 Å². The summed E-state index contributed by atoms with van der Waals surface area (Å²) in [6.07, 6.45) is 0.725. The van der Waals surface area contributed by atoms with E-state index >= 15 is 8.78 Å². The van der Waals surface area contributed by atoms with Crippen molar-refractivity contribution in [2.45, 2.75) is 18.4 Å². The summed E-state index contributed by atoms with van der Waals surface area (Å²) in [5.41, 5.74) is 6.47. The molecule has 2 heterocycles. The van der Waals surface area contributed by atoms with Crippen molar-refractivity contribution in [3.05, 3.63) is 81.4 Å². The van der Waals surface area contributed by atoms with Crippen molar-refractivity contribution >= 4 is 17.5 Å². The second-order valence-corrected chi connectivity index (χ2v) is 8.64. The highest BCUT2D eigenvalue weighted by Gasteiger charge is 2.44. The molecule has 8 heteroatoms. The molecule has 0 unspecified atom stereocenters. The number of carbonyl (C=O) groups is 1. The normalized spacial score (nSPS) is 18.4. The van der Waals surface area contributed by atoms with Gasteiger partial charge in [0.2, 0.25) is 5.91 Å². The van der Waals surface area contributed by atoms with Gasteiger partial charge in [0.25, 0.3) is 0 Å². The van der Waals surface area contributed by atoms with Crippen LogP contribution in [0.4, 0.5) is 8.78 Å². The molecule has 2 aliphatic heterocycles. The third kappa shape index (κ3) is 3.34. The Morgan fingerprint density at radius 1 is 1.21 bits per heavy atom. The fraction of sp³-hybridized carbons (Fsp3) is 0.240. The molecule has 5 rings (SSSR count). The molecule has 0 bridgehead atoms. The molecule has 33 heavy (non-hydrogen) atoms. The van der Waals surface area contributed by atoms with Crippen molar-refractivity contribution in [3.8, 4) is 22.6 Å². The zero-order chi connectivity index (χ0) is 23.3. The maximum absolute atomic E-state index is 15.8. The van der Waals surface area contributed by atoms with E-state index in [0.717, 1.165) is 5.56 Å². The Labute approximate surface area is 194 Å². The molecule has 0 radical (unpaired) electrons. The number of amides is 1. The highest BCUT2D eigenvalue weighted by molar-refractivity contribution is 6.34. The number of hydrogen-bond donors (Lipinski definition) is 2. The predicted molar refractivity (Wildman–Crippen MR) is 121 cm³/mol. The van der Waals surface area contributed by atoms with Crippen molar-refractivity contribution in [2.24, 2.45) is 5.73 Å². The van der Waals surface area contributed by atoms with Gasteiger partial charge in [-0.15, -0.1) is 0 Å². The van der Waals surface area contributed by atoms with Gasteiger partial charge in [0.1, 0.15) is 11.6 Å². The molecule has 1 atom stereocenters. The predicted octanol–water partition coefficient (Wildman–Crippen LogP) is 4.37. The fourth-order valence-electron chi connectivity index (χ4n) is 4.82. The van der Waals surface area contributed by atoms with Crippen LogP contribution in [-0.2, 0) is 18.4 Å². The quantitative estimate of drug-likeness (QED) is 0.581. The third-order valence-electron chi connectivity index (χ3n) is 6.25. The lowest BCUT2D eigenvalue weighted by Gasteiger charge is -2.29. The summed E-state index contributed by atoms with van der Waals surface area (Å²) in [5.74, 6) is -2.12. The summed E-state index contributed by atoms with van der Waals surface area (Å²) < 4.78 is 42.5. The van der Waals surface area contributed by atoms with E-state index in [9.17, 15) is 4.79 Å². The fourth-order valence-corrected chi connectivity index (χ4v) is 5.08. The number of primary amides is 1. The van der Waals surface area contributed by atoms with Crippen molar-refractivity contribution < 1.29 is 23.0 Å². The second kappa shape index (κ2) is 8.01. The summed E-state index contributed by atoms with van der Waals surface area (Å²) in [5, 5.41) is 2.83. The molecule has 3 N–H and O–H groups in total. The van der Waals surface area contributed by atoms with E-state index in [1.807, 2.05) is 30.3 Å². The topological polar surface area (TPSA) is 73.6 Å². The molecule has 0 saturated carbocycles. The molecule has 0 fully saturated rings. The number of fused-ring (bicyclic) bond motifs is 2. The lowest BCUT2D eigenvalue weighted by atomic mass is 9.85. The van der Waals surface area contributed by atoms with Crippen LogP contribution in [0.2, 0.25) is 5.02 Å². The van der Waals surface area contributed by atoms with Gasteiger partial charge in [-0.3, -0.25) is 4.79 Å². The Morgan fingerprint density at radius 3 is 2.67 bits per heavy atom. The lowest BCUT2D eigenvalue weighted by molar-refractivity contribution is 0.0940. The smallest absolute Gasteiger partial charge is 0.249 e. The summed E-state index contributed by atoms with van der Waals surface area (Å²) in [6.45, 7) is 0.689. The van der Waals surface area contributed by atoms with Crippen LogP contribution < -0.4 is 20.5 Å². The Hall–Kier alpha value is -3.16. The summed E-state index contributed by atoms with van der Waals surface area (Å²) in [6, 6.07) is 12.2. The molecule has 2 aliphatic rings. The van der Waals surface area contributed by atoms with Crippen molar-refractivity contribution in [1.82, 2.24) is 5.32 Å². The van der Waals surface area contributed by atoms with Crippen LogP contribution in [0.1, 0.15) is 27.0 Å². The minimum Gasteiger partial charge on any atom is -0.490 e. The molecule has 0 saturated heterocycles. The first-order chi connectivity index (χ1) is 15.9. The minimum absolute atomic E-state index is 0.0348. The number of nitrogens with two attached hydrogens (primary N) is 1. The van der Waals surface area contributed by atoms with E-state index in [4.69, 9.17) is 26.8 Å². The van der Waals surface area contributed by atoms with Crippen LogP contribution in [-0.4, -0.2) is 26.1 Å². The molecule has 0 aliphatic carbocycles. The maximum Gasteiger partial charge on any atom is 0.249 e. The largest absolute Gasteiger partial charge is 0.490 e. The van der Waals surface area contributed by atoms with Gasteiger partial charge in [-0.25, -0.2) is 8.78 Å². The van der Waals surface area contributed by atoms with Gasteiger partial charge < -0.3 is 20.5 Å². The van der Waals surface area contributed by atoms with Crippen molar-refractivity contribution in [2.75, 3.05) is 20.2 Å². The SMILES string of the molecule is CNC[C@@]1(c2ccccc2)Cc2c(cc(F)c(Cl)c2-c2c(C(N)=O)cc3c(c2F)OCC3)O1. The van der Waals surface area contributed by atoms with Gasteiger partial charge in [0, 0.05) is 47.7 Å². The number of carbonyl (C=O) groups excluding carboxylic acids is 1. The molecule has 3 aromatic rings.